The van der Waals surface area contributed by atoms with Crippen molar-refractivity contribution >= 4 is 30.2 Å². The molecule has 0 saturated heterocycles. The maximum atomic E-state index is 11.9. The first-order chi connectivity index (χ1) is 10.5. The fourth-order valence-electron chi connectivity index (χ4n) is 1.65. The molecular formula is C15H12Cl2O4Ti. The van der Waals surface area contributed by atoms with E-state index in [1.165, 1.54) is 24.3 Å². The normalized spacial score (nSPS) is 10.4. The summed E-state index contributed by atoms with van der Waals surface area (Å²) in [4.78, 5) is 11.9. The van der Waals surface area contributed by atoms with E-state index in [1.807, 2.05) is 0 Å². The molecule has 0 aliphatic heterocycles. The minimum atomic E-state index is -0.556. The molecule has 0 fully saturated rings. The van der Waals surface area contributed by atoms with Crippen LogP contribution in [0.15, 0.2) is 54.6 Å². The number of halogens is 2. The van der Waals surface area contributed by atoms with Crippen molar-refractivity contribution in [3.8, 4) is 11.5 Å². The van der Waals surface area contributed by atoms with E-state index in [0.717, 1.165) is 6.08 Å². The predicted molar refractivity (Wildman–Crippen MR) is 82.9 cm³/mol. The second kappa shape index (κ2) is 9.54. The van der Waals surface area contributed by atoms with Gasteiger partial charge in [0, 0.05) is 6.08 Å². The number of rotatable bonds is 3. The second-order valence-electron chi connectivity index (χ2n) is 4.00. The Kier molecular flexibility index (Phi) is 8.06. The van der Waals surface area contributed by atoms with E-state index in [-0.39, 0.29) is 28.4 Å². The van der Waals surface area contributed by atoms with Crippen molar-refractivity contribution in [1.82, 2.24) is 0 Å². The van der Waals surface area contributed by atoms with E-state index in [0.29, 0.717) is 0 Å². The Morgan fingerprint density at radius 1 is 0.909 bits per heavy atom. The third-order valence-corrected chi connectivity index (χ3v) is 2.62. The average molecular weight is 375 g/mol. The number of aromatic hydroxyl groups is 2. The summed E-state index contributed by atoms with van der Waals surface area (Å²) >= 11 is -0.556. The number of allylic oxidation sites excluding steroid dienone is 1. The van der Waals surface area contributed by atoms with Crippen molar-refractivity contribution in [3.05, 3.63) is 65.7 Å². The Labute approximate surface area is 144 Å². The van der Waals surface area contributed by atoms with Crippen molar-refractivity contribution in [2.24, 2.45) is 0 Å². The quantitative estimate of drug-likeness (QED) is 0.324. The summed E-state index contributed by atoms with van der Waals surface area (Å²) in [6, 6.07) is 12.2. The van der Waals surface area contributed by atoms with Gasteiger partial charge in [-0.2, -0.15) is 0 Å². The van der Waals surface area contributed by atoms with Gasteiger partial charge in [0.2, 0.25) is 0 Å². The predicted octanol–water partition coefficient (Wildman–Crippen LogP) is 4.26. The second-order valence-corrected chi connectivity index (χ2v) is 6.58. The number of ketones is 1. The zero-order valence-corrected chi connectivity index (χ0v) is 14.3. The topological polar surface area (TPSA) is 77.8 Å². The summed E-state index contributed by atoms with van der Waals surface area (Å²) in [5.41, 5.74) is 0.246. The number of aliphatic hydroxyl groups excluding tert-OH is 1. The monoisotopic (exact) mass is 374 g/mol. The fourth-order valence-corrected chi connectivity index (χ4v) is 1.65. The summed E-state index contributed by atoms with van der Waals surface area (Å²) < 4.78 is 0. The fraction of sp³-hybridized carbons (Fsp3) is 0. The summed E-state index contributed by atoms with van der Waals surface area (Å²) in [6.45, 7) is 0. The number of carbonyl (C=O) groups is 1. The Morgan fingerprint density at radius 2 is 1.32 bits per heavy atom. The van der Waals surface area contributed by atoms with Crippen molar-refractivity contribution in [3.63, 3.8) is 0 Å². The van der Waals surface area contributed by atoms with E-state index < -0.39 is 22.8 Å². The standard InChI is InChI=1S/C15H12O4.2ClH.Ti/c16-12-7-3-1-5-10(12)14(18)9-15(19)11-6-2-4-8-13(11)17;;;/h1-9,16-18H;2*1H;/q;;;+2/p-2/b14-9-;;;. The third-order valence-electron chi connectivity index (χ3n) is 2.62. The van der Waals surface area contributed by atoms with Crippen LogP contribution in [0.2, 0.25) is 0 Å². The molecule has 3 N–H and O–H groups in total. The minimum absolute atomic E-state index is 0.0875. The molecular weight excluding hydrogens is 363 g/mol. The van der Waals surface area contributed by atoms with Crippen molar-refractivity contribution in [2.45, 2.75) is 0 Å². The molecule has 2 aromatic carbocycles. The first kappa shape index (κ1) is 18.6. The number of para-hydroxylation sites is 2. The molecule has 0 saturated carbocycles. The molecule has 0 amide bonds. The zero-order valence-electron chi connectivity index (χ0n) is 11.2. The van der Waals surface area contributed by atoms with E-state index >= 15 is 0 Å². The van der Waals surface area contributed by atoms with Crippen LogP contribution in [0.4, 0.5) is 0 Å². The van der Waals surface area contributed by atoms with E-state index in [1.54, 1.807) is 24.3 Å². The van der Waals surface area contributed by atoms with Crippen LogP contribution in [0.5, 0.6) is 11.5 Å². The molecule has 2 aromatic rings. The first-order valence-electron chi connectivity index (χ1n) is 5.98. The van der Waals surface area contributed by atoms with Gasteiger partial charge in [-0.3, -0.25) is 4.79 Å². The number of hydrogen-bond donors (Lipinski definition) is 3. The van der Waals surface area contributed by atoms with Gasteiger partial charge in [0.1, 0.15) is 17.3 Å². The van der Waals surface area contributed by atoms with Gasteiger partial charge in [0.25, 0.3) is 0 Å². The van der Waals surface area contributed by atoms with E-state index in [9.17, 15) is 20.1 Å². The van der Waals surface area contributed by atoms with Crippen LogP contribution < -0.4 is 0 Å². The molecule has 4 nitrogen and oxygen atoms in total. The molecule has 0 heterocycles. The summed E-state index contributed by atoms with van der Waals surface area (Å²) in [6.07, 6.45) is 0.962. The van der Waals surface area contributed by atoms with Gasteiger partial charge in [-0.15, -0.1) is 0 Å². The molecule has 0 spiro atoms. The third kappa shape index (κ3) is 5.39. The van der Waals surface area contributed by atoms with Crippen LogP contribution in [0.25, 0.3) is 5.76 Å². The van der Waals surface area contributed by atoms with Gasteiger partial charge in [0.05, 0.1) is 11.1 Å². The van der Waals surface area contributed by atoms with Gasteiger partial charge in [0.15, 0.2) is 5.78 Å². The van der Waals surface area contributed by atoms with E-state index in [4.69, 9.17) is 18.6 Å². The number of phenolic OH excluding ortho intramolecular Hbond substituents is 2. The number of phenols is 2. The van der Waals surface area contributed by atoms with Crippen LogP contribution in [-0.4, -0.2) is 21.1 Å². The molecule has 0 aromatic heterocycles. The Hall–Kier alpha value is -1.46. The number of hydrogen-bond acceptors (Lipinski definition) is 4. The summed E-state index contributed by atoms with van der Waals surface area (Å²) in [5, 5.41) is 28.9. The molecule has 0 unspecified atom stereocenters. The molecule has 0 aliphatic carbocycles. The molecule has 0 bridgehead atoms. The van der Waals surface area contributed by atoms with Gasteiger partial charge in [-0.25, -0.2) is 0 Å². The van der Waals surface area contributed by atoms with Crippen LogP contribution in [-0.2, 0) is 17.0 Å². The Morgan fingerprint density at radius 3 is 1.77 bits per heavy atom. The molecule has 0 aliphatic rings. The van der Waals surface area contributed by atoms with Crippen LogP contribution in [0.3, 0.4) is 0 Å². The summed E-state index contributed by atoms with van der Waals surface area (Å²) in [7, 11) is 9.78. The van der Waals surface area contributed by atoms with Crippen molar-refractivity contribution in [2.75, 3.05) is 0 Å². The molecule has 114 valence electrons. The van der Waals surface area contributed by atoms with Crippen molar-refractivity contribution < 1.29 is 37.1 Å². The molecule has 2 rings (SSSR count). The van der Waals surface area contributed by atoms with Crippen LogP contribution in [0.1, 0.15) is 15.9 Å². The molecule has 0 atom stereocenters. The van der Waals surface area contributed by atoms with Crippen LogP contribution >= 0.6 is 18.6 Å². The van der Waals surface area contributed by atoms with Crippen molar-refractivity contribution in [1.29, 1.82) is 0 Å². The van der Waals surface area contributed by atoms with Gasteiger partial charge >= 0.3 is 35.6 Å². The van der Waals surface area contributed by atoms with Gasteiger partial charge in [-0.1, -0.05) is 24.3 Å². The number of benzene rings is 2. The average Bonchev–Trinajstić information content (AvgIpc) is 2.48. The van der Waals surface area contributed by atoms with Gasteiger partial charge in [-0.05, 0) is 24.3 Å². The maximum absolute atomic E-state index is 11.9. The Bertz CT molecular complexity index is 674. The number of carbonyl (C=O) groups excluding carboxylic acids is 1. The van der Waals surface area contributed by atoms with Gasteiger partial charge < -0.3 is 15.3 Å². The van der Waals surface area contributed by atoms with E-state index in [2.05, 4.69) is 0 Å². The number of aliphatic hydroxyl groups is 1. The Balaban J connectivity index is 0.000000745. The molecule has 7 heteroatoms. The molecule has 0 radical (unpaired) electrons. The SMILES string of the molecule is O=C(/C=C(\O)c1ccccc1O)c1ccccc1O.[Cl][Ti][Cl]. The zero-order chi connectivity index (χ0) is 16.5. The first-order valence-corrected chi connectivity index (χ1v) is 10.3. The van der Waals surface area contributed by atoms with Crippen LogP contribution in [0, 0.1) is 0 Å². The summed E-state index contributed by atoms with van der Waals surface area (Å²) in [5.74, 6) is -1.18. The molecule has 22 heavy (non-hydrogen) atoms.